The van der Waals surface area contributed by atoms with Crippen molar-refractivity contribution in [2.45, 2.75) is 38.6 Å². The Balaban J connectivity index is 2.18. The van der Waals surface area contributed by atoms with Crippen molar-refractivity contribution in [3.05, 3.63) is 34.9 Å². The number of benzene rings is 1. The van der Waals surface area contributed by atoms with Crippen molar-refractivity contribution < 1.29 is 14.7 Å². The smallest absolute Gasteiger partial charge is 0.327 e. The zero-order valence-corrected chi connectivity index (χ0v) is 12.7. The third-order valence-corrected chi connectivity index (χ3v) is 4.86. The Morgan fingerprint density at radius 3 is 2.75 bits per heavy atom. The number of aliphatic carboxylic acids is 1. The maximum atomic E-state index is 12.5. The molecule has 0 aromatic heterocycles. The van der Waals surface area contributed by atoms with E-state index in [1.54, 1.807) is 0 Å². The van der Waals surface area contributed by atoms with Gasteiger partial charge >= 0.3 is 5.97 Å². The summed E-state index contributed by atoms with van der Waals surface area (Å²) in [5, 5.41) is 9.13. The van der Waals surface area contributed by atoms with Gasteiger partial charge in [0.05, 0.1) is 11.8 Å². The molecule has 108 valence electrons. The molecule has 1 N–H and O–H groups in total. The fourth-order valence-corrected chi connectivity index (χ4v) is 3.65. The molecule has 0 radical (unpaired) electrons. The van der Waals surface area contributed by atoms with E-state index >= 15 is 0 Å². The molecule has 1 aromatic carbocycles. The topological polar surface area (TPSA) is 57.6 Å². The monoisotopic (exact) mass is 293 g/mol. The summed E-state index contributed by atoms with van der Waals surface area (Å²) in [5.74, 6) is -0.561. The van der Waals surface area contributed by atoms with Crippen LogP contribution in [0.25, 0.3) is 0 Å². The van der Waals surface area contributed by atoms with Crippen LogP contribution in [0.4, 0.5) is 0 Å². The second-order valence-electron chi connectivity index (χ2n) is 5.19. The number of carboxylic acids is 1. The SMILES string of the molecule is Cc1ccc(C)c(CC(=O)N2C(C)SCC2C(=O)O)c1. The van der Waals surface area contributed by atoms with Gasteiger partial charge in [-0.25, -0.2) is 4.79 Å². The van der Waals surface area contributed by atoms with Crippen LogP contribution in [0, 0.1) is 13.8 Å². The number of hydrogen-bond donors (Lipinski definition) is 1. The number of carbonyl (C=O) groups excluding carboxylic acids is 1. The third kappa shape index (κ3) is 2.98. The number of aryl methyl sites for hydroxylation is 2. The average Bonchev–Trinajstić information content (AvgIpc) is 2.76. The van der Waals surface area contributed by atoms with Crippen molar-refractivity contribution in [1.29, 1.82) is 0 Å². The fraction of sp³-hybridized carbons (Fsp3) is 0.467. The van der Waals surface area contributed by atoms with Gasteiger partial charge in [-0.15, -0.1) is 11.8 Å². The molecule has 1 amide bonds. The fourth-order valence-electron chi connectivity index (χ4n) is 2.46. The first-order valence-electron chi connectivity index (χ1n) is 6.62. The maximum absolute atomic E-state index is 12.5. The Kier molecular flexibility index (Phi) is 4.38. The van der Waals surface area contributed by atoms with Crippen LogP contribution in [0.3, 0.4) is 0 Å². The number of amides is 1. The molecule has 1 aromatic rings. The summed E-state index contributed by atoms with van der Waals surface area (Å²) in [5.41, 5.74) is 3.15. The van der Waals surface area contributed by atoms with Crippen LogP contribution in [0.5, 0.6) is 0 Å². The van der Waals surface area contributed by atoms with Gasteiger partial charge in [-0.1, -0.05) is 23.8 Å². The van der Waals surface area contributed by atoms with Gasteiger partial charge in [-0.2, -0.15) is 0 Å². The van der Waals surface area contributed by atoms with E-state index in [0.29, 0.717) is 5.75 Å². The minimum absolute atomic E-state index is 0.0753. The number of carbonyl (C=O) groups is 2. The Hall–Kier alpha value is -1.49. The van der Waals surface area contributed by atoms with Crippen LogP contribution >= 0.6 is 11.8 Å². The van der Waals surface area contributed by atoms with Crippen LogP contribution < -0.4 is 0 Å². The molecule has 1 saturated heterocycles. The molecular weight excluding hydrogens is 274 g/mol. The zero-order valence-electron chi connectivity index (χ0n) is 11.9. The Morgan fingerprint density at radius 1 is 1.40 bits per heavy atom. The molecule has 1 fully saturated rings. The number of rotatable bonds is 3. The zero-order chi connectivity index (χ0) is 14.9. The molecule has 2 atom stereocenters. The predicted octanol–water partition coefficient (Wildman–Crippen LogP) is 2.22. The van der Waals surface area contributed by atoms with E-state index in [1.807, 2.05) is 39.0 Å². The van der Waals surface area contributed by atoms with Gasteiger partial charge in [0.15, 0.2) is 0 Å². The second kappa shape index (κ2) is 5.87. The first kappa shape index (κ1) is 14.9. The minimum Gasteiger partial charge on any atom is -0.480 e. The lowest BCUT2D eigenvalue weighted by molar-refractivity contribution is -0.148. The third-order valence-electron chi connectivity index (χ3n) is 3.64. The number of carboxylic acid groups (broad SMARTS) is 1. The molecule has 0 saturated carbocycles. The lowest BCUT2D eigenvalue weighted by Crippen LogP contribution is -2.45. The lowest BCUT2D eigenvalue weighted by Gasteiger charge is -2.25. The van der Waals surface area contributed by atoms with Gasteiger partial charge in [-0.05, 0) is 31.9 Å². The Morgan fingerprint density at radius 2 is 2.10 bits per heavy atom. The van der Waals surface area contributed by atoms with Gasteiger partial charge < -0.3 is 10.0 Å². The van der Waals surface area contributed by atoms with E-state index in [2.05, 4.69) is 0 Å². The van der Waals surface area contributed by atoms with Crippen molar-refractivity contribution in [1.82, 2.24) is 4.90 Å². The summed E-state index contributed by atoms with van der Waals surface area (Å²) in [6.07, 6.45) is 0.266. The molecule has 20 heavy (non-hydrogen) atoms. The van der Waals surface area contributed by atoms with Gasteiger partial charge in [0.1, 0.15) is 6.04 Å². The summed E-state index contributed by atoms with van der Waals surface area (Å²) in [6.45, 7) is 5.84. The first-order valence-corrected chi connectivity index (χ1v) is 7.66. The number of hydrogen-bond acceptors (Lipinski definition) is 3. The average molecular weight is 293 g/mol. The molecule has 1 heterocycles. The summed E-state index contributed by atoms with van der Waals surface area (Å²) in [7, 11) is 0. The molecule has 1 aliphatic rings. The summed E-state index contributed by atoms with van der Waals surface area (Å²) >= 11 is 1.51. The number of nitrogens with zero attached hydrogens (tertiary/aromatic N) is 1. The van der Waals surface area contributed by atoms with E-state index in [1.165, 1.54) is 16.7 Å². The minimum atomic E-state index is -0.920. The van der Waals surface area contributed by atoms with Crippen LogP contribution in [-0.2, 0) is 16.0 Å². The highest BCUT2D eigenvalue weighted by Gasteiger charge is 2.39. The van der Waals surface area contributed by atoms with Crippen molar-refractivity contribution in [2.75, 3.05) is 5.75 Å². The van der Waals surface area contributed by atoms with E-state index in [0.717, 1.165) is 16.7 Å². The van der Waals surface area contributed by atoms with Crippen molar-refractivity contribution in [2.24, 2.45) is 0 Å². The summed E-state index contributed by atoms with van der Waals surface area (Å²) in [4.78, 5) is 25.2. The van der Waals surface area contributed by atoms with Gasteiger partial charge in [0.25, 0.3) is 0 Å². The summed E-state index contributed by atoms with van der Waals surface area (Å²) in [6, 6.07) is 5.30. The van der Waals surface area contributed by atoms with Crippen LogP contribution in [-0.4, -0.2) is 39.1 Å². The van der Waals surface area contributed by atoms with E-state index in [-0.39, 0.29) is 17.7 Å². The van der Waals surface area contributed by atoms with Crippen molar-refractivity contribution in [3.63, 3.8) is 0 Å². The highest BCUT2D eigenvalue weighted by Crippen LogP contribution is 2.29. The molecule has 0 spiro atoms. The van der Waals surface area contributed by atoms with E-state index in [4.69, 9.17) is 0 Å². The van der Waals surface area contributed by atoms with Crippen LogP contribution in [0.2, 0.25) is 0 Å². The van der Waals surface area contributed by atoms with Gasteiger partial charge in [0.2, 0.25) is 5.91 Å². The van der Waals surface area contributed by atoms with Crippen molar-refractivity contribution >= 4 is 23.6 Å². The van der Waals surface area contributed by atoms with Crippen LogP contribution in [0.15, 0.2) is 18.2 Å². The van der Waals surface area contributed by atoms with E-state index in [9.17, 15) is 14.7 Å². The Labute approximate surface area is 123 Å². The van der Waals surface area contributed by atoms with Gasteiger partial charge in [-0.3, -0.25) is 4.79 Å². The first-order chi connectivity index (χ1) is 9.40. The normalized spacial score (nSPS) is 22.1. The van der Waals surface area contributed by atoms with Crippen molar-refractivity contribution in [3.8, 4) is 0 Å². The molecule has 2 rings (SSSR count). The Bertz CT molecular complexity index is 544. The molecule has 2 unspecified atom stereocenters. The number of thioether (sulfide) groups is 1. The largest absolute Gasteiger partial charge is 0.480 e. The summed E-state index contributed by atoms with van der Waals surface area (Å²) < 4.78 is 0. The highest BCUT2D eigenvalue weighted by molar-refractivity contribution is 8.00. The lowest BCUT2D eigenvalue weighted by atomic mass is 10.0. The van der Waals surface area contributed by atoms with Crippen LogP contribution in [0.1, 0.15) is 23.6 Å². The molecule has 1 aliphatic heterocycles. The predicted molar refractivity (Wildman–Crippen MR) is 79.8 cm³/mol. The second-order valence-corrected chi connectivity index (χ2v) is 6.54. The van der Waals surface area contributed by atoms with Gasteiger partial charge in [0, 0.05) is 5.75 Å². The highest BCUT2D eigenvalue weighted by atomic mass is 32.2. The molecular formula is C15H19NO3S. The molecule has 4 nitrogen and oxygen atoms in total. The maximum Gasteiger partial charge on any atom is 0.327 e. The van der Waals surface area contributed by atoms with E-state index < -0.39 is 12.0 Å². The molecule has 0 aliphatic carbocycles. The standard InChI is InChI=1S/C15H19NO3S/c1-9-4-5-10(2)12(6-9)7-14(17)16-11(3)20-8-13(16)15(18)19/h4-6,11,13H,7-8H2,1-3H3,(H,18,19). The quantitative estimate of drug-likeness (QED) is 0.928. The molecule has 0 bridgehead atoms. The molecule has 5 heteroatoms.